The van der Waals surface area contributed by atoms with Crippen LogP contribution in [0.5, 0.6) is 0 Å². The summed E-state index contributed by atoms with van der Waals surface area (Å²) < 4.78 is 5.78. The molecule has 126 valence electrons. The van der Waals surface area contributed by atoms with Crippen LogP contribution >= 0.6 is 11.6 Å². The Morgan fingerprint density at radius 1 is 1.43 bits per heavy atom. The Balaban J connectivity index is 1.87. The van der Waals surface area contributed by atoms with E-state index in [1.807, 2.05) is 23.6 Å². The predicted octanol–water partition coefficient (Wildman–Crippen LogP) is 2.37. The van der Waals surface area contributed by atoms with Crippen LogP contribution in [0.1, 0.15) is 43.6 Å². The molecule has 2 heterocycles. The Bertz CT molecular complexity index is 579. The molecule has 1 saturated carbocycles. The number of carbonyl (C=O) groups is 1. The summed E-state index contributed by atoms with van der Waals surface area (Å²) in [6.07, 6.45) is 4.80. The van der Waals surface area contributed by atoms with Crippen molar-refractivity contribution in [2.45, 2.75) is 45.3 Å². The van der Waals surface area contributed by atoms with Crippen molar-refractivity contribution in [3.63, 3.8) is 0 Å². The predicted molar refractivity (Wildman–Crippen MR) is 89.0 cm³/mol. The minimum absolute atomic E-state index is 0.106. The van der Waals surface area contributed by atoms with Gasteiger partial charge >= 0.3 is 0 Å². The van der Waals surface area contributed by atoms with Crippen LogP contribution in [0.3, 0.4) is 0 Å². The second kappa shape index (κ2) is 7.01. The number of anilines is 1. The topological polar surface area (TPSA) is 58.6 Å². The quantitative estimate of drug-likeness (QED) is 0.843. The van der Waals surface area contributed by atoms with Gasteiger partial charge in [0.05, 0.1) is 30.0 Å². The van der Waals surface area contributed by atoms with Crippen molar-refractivity contribution in [3.05, 3.63) is 16.9 Å². The van der Waals surface area contributed by atoms with E-state index in [0.717, 1.165) is 32.4 Å². The zero-order valence-corrected chi connectivity index (χ0v) is 14.4. The summed E-state index contributed by atoms with van der Waals surface area (Å²) >= 11 is 6.22. The minimum atomic E-state index is -0.106. The third-order valence-corrected chi connectivity index (χ3v) is 5.00. The lowest BCUT2D eigenvalue weighted by molar-refractivity contribution is -0.0447. The van der Waals surface area contributed by atoms with Crippen LogP contribution < -0.4 is 4.90 Å². The van der Waals surface area contributed by atoms with Crippen LogP contribution in [0.25, 0.3) is 0 Å². The monoisotopic (exact) mass is 338 g/mol. The van der Waals surface area contributed by atoms with Crippen LogP contribution in [0.4, 0.5) is 5.95 Å². The van der Waals surface area contributed by atoms with Gasteiger partial charge in [-0.1, -0.05) is 11.6 Å². The number of aromatic nitrogens is 2. The van der Waals surface area contributed by atoms with E-state index >= 15 is 0 Å². The number of morpholine rings is 1. The van der Waals surface area contributed by atoms with Gasteiger partial charge in [0.1, 0.15) is 0 Å². The fourth-order valence-electron chi connectivity index (χ4n) is 3.48. The second-order valence-corrected chi connectivity index (χ2v) is 6.35. The van der Waals surface area contributed by atoms with Crippen molar-refractivity contribution in [3.8, 4) is 0 Å². The summed E-state index contributed by atoms with van der Waals surface area (Å²) in [4.78, 5) is 25.6. The molecule has 7 heteroatoms. The Morgan fingerprint density at radius 2 is 2.22 bits per heavy atom. The molecule has 1 aromatic rings. The lowest BCUT2D eigenvalue weighted by atomic mass is 10.1. The average Bonchev–Trinajstić information content (AvgIpc) is 3.05. The highest BCUT2D eigenvalue weighted by Crippen LogP contribution is 2.31. The summed E-state index contributed by atoms with van der Waals surface area (Å²) in [5.74, 6) is 0.449. The van der Waals surface area contributed by atoms with Crippen LogP contribution in [0.15, 0.2) is 6.20 Å². The Morgan fingerprint density at radius 3 is 2.96 bits per heavy atom. The van der Waals surface area contributed by atoms with E-state index < -0.39 is 0 Å². The van der Waals surface area contributed by atoms with Crippen LogP contribution in [0.2, 0.25) is 5.02 Å². The summed E-state index contributed by atoms with van der Waals surface area (Å²) in [7, 11) is 0. The zero-order valence-electron chi connectivity index (χ0n) is 13.7. The van der Waals surface area contributed by atoms with Crippen molar-refractivity contribution in [2.75, 3.05) is 31.1 Å². The average molecular weight is 339 g/mol. The Kier molecular flexibility index (Phi) is 5.02. The molecule has 2 atom stereocenters. The van der Waals surface area contributed by atoms with E-state index in [4.69, 9.17) is 16.3 Å². The van der Waals surface area contributed by atoms with E-state index in [9.17, 15) is 4.79 Å². The number of amides is 1. The standard InChI is InChI=1S/C16H23ClN4O2/c1-3-20(4-2)16-18-10-11(17)14(19-16)15(22)21-8-9-23-13-7-5-6-12(13)21/h10,12-13H,3-9H2,1-2H3/t12-,13+/m0/s1. The molecule has 1 saturated heterocycles. The third kappa shape index (κ3) is 3.15. The Labute approximate surface area is 141 Å². The molecule has 2 aliphatic rings. The summed E-state index contributed by atoms with van der Waals surface area (Å²) in [6, 6.07) is 0.152. The van der Waals surface area contributed by atoms with Gasteiger partial charge in [0, 0.05) is 19.6 Å². The van der Waals surface area contributed by atoms with Crippen molar-refractivity contribution in [2.24, 2.45) is 0 Å². The molecule has 0 spiro atoms. The van der Waals surface area contributed by atoms with Gasteiger partial charge in [-0.15, -0.1) is 0 Å². The van der Waals surface area contributed by atoms with Crippen LogP contribution in [-0.2, 0) is 4.74 Å². The van der Waals surface area contributed by atoms with Gasteiger partial charge in [0.2, 0.25) is 5.95 Å². The zero-order chi connectivity index (χ0) is 16.4. The molecule has 1 amide bonds. The smallest absolute Gasteiger partial charge is 0.274 e. The summed E-state index contributed by atoms with van der Waals surface area (Å²) in [5, 5.41) is 0.312. The molecule has 1 aromatic heterocycles. The molecule has 23 heavy (non-hydrogen) atoms. The number of hydrogen-bond acceptors (Lipinski definition) is 5. The molecule has 1 aliphatic carbocycles. The van der Waals surface area contributed by atoms with Gasteiger partial charge in [-0.2, -0.15) is 0 Å². The molecule has 1 aliphatic heterocycles. The maximum absolute atomic E-state index is 13.0. The van der Waals surface area contributed by atoms with Gasteiger partial charge < -0.3 is 14.5 Å². The molecule has 0 bridgehead atoms. The number of nitrogens with zero attached hydrogens (tertiary/aromatic N) is 4. The molecular weight excluding hydrogens is 316 g/mol. The van der Waals surface area contributed by atoms with Crippen molar-refractivity contribution < 1.29 is 9.53 Å². The summed E-state index contributed by atoms with van der Waals surface area (Å²) in [6.45, 7) is 6.82. The molecule has 0 radical (unpaired) electrons. The molecule has 2 fully saturated rings. The van der Waals surface area contributed by atoms with E-state index in [2.05, 4.69) is 9.97 Å². The number of halogens is 1. The molecule has 0 N–H and O–H groups in total. The first-order chi connectivity index (χ1) is 11.2. The van der Waals surface area contributed by atoms with Gasteiger partial charge in [-0.25, -0.2) is 9.97 Å². The van der Waals surface area contributed by atoms with Gasteiger partial charge in [-0.05, 0) is 33.1 Å². The lowest BCUT2D eigenvalue weighted by Gasteiger charge is -2.37. The van der Waals surface area contributed by atoms with Crippen molar-refractivity contribution >= 4 is 23.5 Å². The SMILES string of the molecule is CCN(CC)c1ncc(Cl)c(C(=O)N2CCO[C@@H]3CCC[C@@H]32)n1. The highest BCUT2D eigenvalue weighted by Gasteiger charge is 2.39. The maximum Gasteiger partial charge on any atom is 0.274 e. The summed E-state index contributed by atoms with van der Waals surface area (Å²) in [5.41, 5.74) is 0.302. The number of fused-ring (bicyclic) bond motifs is 1. The van der Waals surface area contributed by atoms with Crippen LogP contribution in [-0.4, -0.2) is 59.2 Å². The van der Waals surface area contributed by atoms with Gasteiger partial charge in [-0.3, -0.25) is 4.79 Å². The maximum atomic E-state index is 13.0. The normalized spacial score (nSPS) is 23.7. The fourth-order valence-corrected chi connectivity index (χ4v) is 3.65. The molecule has 6 nitrogen and oxygen atoms in total. The van der Waals surface area contributed by atoms with Crippen LogP contribution in [0, 0.1) is 0 Å². The van der Waals surface area contributed by atoms with E-state index in [1.165, 1.54) is 6.20 Å². The molecule has 3 rings (SSSR count). The van der Waals surface area contributed by atoms with Gasteiger partial charge in [0.25, 0.3) is 5.91 Å². The first-order valence-electron chi connectivity index (χ1n) is 8.35. The van der Waals surface area contributed by atoms with Crippen molar-refractivity contribution in [1.29, 1.82) is 0 Å². The molecular formula is C16H23ClN4O2. The van der Waals surface area contributed by atoms with Crippen molar-refractivity contribution in [1.82, 2.24) is 14.9 Å². The number of hydrogen-bond donors (Lipinski definition) is 0. The minimum Gasteiger partial charge on any atom is -0.374 e. The largest absolute Gasteiger partial charge is 0.374 e. The highest BCUT2D eigenvalue weighted by atomic mass is 35.5. The van der Waals surface area contributed by atoms with E-state index in [0.29, 0.717) is 29.8 Å². The number of rotatable bonds is 4. The lowest BCUT2D eigenvalue weighted by Crippen LogP contribution is -2.51. The number of ether oxygens (including phenoxy) is 1. The molecule has 0 unspecified atom stereocenters. The van der Waals surface area contributed by atoms with E-state index in [1.54, 1.807) is 0 Å². The molecule has 0 aromatic carbocycles. The number of carbonyl (C=O) groups excluding carboxylic acids is 1. The highest BCUT2D eigenvalue weighted by molar-refractivity contribution is 6.33. The van der Waals surface area contributed by atoms with Gasteiger partial charge in [0.15, 0.2) is 5.69 Å². The first kappa shape index (κ1) is 16.5. The van der Waals surface area contributed by atoms with E-state index in [-0.39, 0.29) is 18.1 Å². The third-order valence-electron chi connectivity index (χ3n) is 4.72. The Hall–Kier alpha value is -1.40. The first-order valence-corrected chi connectivity index (χ1v) is 8.73. The second-order valence-electron chi connectivity index (χ2n) is 5.94. The fraction of sp³-hybridized carbons (Fsp3) is 0.688.